The summed E-state index contributed by atoms with van der Waals surface area (Å²) in [4.78, 5) is 0. The van der Waals surface area contributed by atoms with Crippen LogP contribution >= 0.6 is 0 Å². The zero-order valence-corrected chi connectivity index (χ0v) is 13.8. The van der Waals surface area contributed by atoms with Crippen LogP contribution in [0.5, 0.6) is 0 Å². The molecule has 1 aromatic rings. The molecule has 0 saturated heterocycles. The van der Waals surface area contributed by atoms with Crippen LogP contribution in [-0.2, 0) is 5.41 Å². The summed E-state index contributed by atoms with van der Waals surface area (Å²) in [5.74, 6) is 3.87. The van der Waals surface area contributed by atoms with Gasteiger partial charge in [0.2, 0.25) is 0 Å². The number of hydrogen-bond acceptors (Lipinski definition) is 0. The van der Waals surface area contributed by atoms with Gasteiger partial charge in [0.15, 0.2) is 0 Å². The Hall–Kier alpha value is -0.780. The van der Waals surface area contributed by atoms with E-state index in [2.05, 4.69) is 38.1 Å². The Balaban J connectivity index is 1.65. The van der Waals surface area contributed by atoms with Crippen LogP contribution in [0.15, 0.2) is 24.3 Å². The maximum absolute atomic E-state index is 2.59. The topological polar surface area (TPSA) is 0 Å². The van der Waals surface area contributed by atoms with Crippen LogP contribution in [0.25, 0.3) is 0 Å². The highest BCUT2D eigenvalue weighted by Gasteiger charge is 2.51. The van der Waals surface area contributed by atoms with Crippen molar-refractivity contribution in [3.05, 3.63) is 35.4 Å². The summed E-state index contributed by atoms with van der Waals surface area (Å²) in [6.45, 7) is 4.71. The molecule has 0 heterocycles. The van der Waals surface area contributed by atoms with Gasteiger partial charge in [-0.2, -0.15) is 0 Å². The highest BCUT2D eigenvalue weighted by molar-refractivity contribution is 5.34. The van der Waals surface area contributed by atoms with Gasteiger partial charge in [-0.1, -0.05) is 44.5 Å². The van der Waals surface area contributed by atoms with E-state index in [9.17, 15) is 0 Å². The standard InChI is InChI=1S/C21H30/c1-3-5-15(2)19-6-4-7-20(11-19)21-12-16-8-17(13-21)10-18(9-16)14-21/h4,6-7,11,15-18H,3,5,8-10,12-14H2,1-2H3. The van der Waals surface area contributed by atoms with Crippen molar-refractivity contribution in [2.45, 2.75) is 76.5 Å². The lowest BCUT2D eigenvalue weighted by molar-refractivity contribution is -0.00522. The third kappa shape index (κ3) is 2.35. The van der Waals surface area contributed by atoms with Crippen molar-refractivity contribution in [3.63, 3.8) is 0 Å². The molecule has 114 valence electrons. The van der Waals surface area contributed by atoms with Crippen LogP contribution in [0.1, 0.15) is 82.3 Å². The fourth-order valence-corrected chi connectivity index (χ4v) is 6.24. The summed E-state index contributed by atoms with van der Waals surface area (Å²) in [6.07, 6.45) is 11.7. The Morgan fingerprint density at radius 1 is 1.05 bits per heavy atom. The van der Waals surface area contributed by atoms with E-state index >= 15 is 0 Å². The van der Waals surface area contributed by atoms with Gasteiger partial charge in [-0.05, 0) is 85.2 Å². The van der Waals surface area contributed by atoms with Crippen LogP contribution in [0.4, 0.5) is 0 Å². The molecule has 0 amide bonds. The molecule has 1 aromatic carbocycles. The molecule has 1 unspecified atom stereocenters. The minimum atomic E-state index is 0.566. The van der Waals surface area contributed by atoms with Crippen LogP contribution < -0.4 is 0 Å². The quantitative estimate of drug-likeness (QED) is 0.630. The smallest absolute Gasteiger partial charge is 0.00390 e. The molecule has 5 rings (SSSR count). The first-order valence-electron chi connectivity index (χ1n) is 9.29. The van der Waals surface area contributed by atoms with Crippen molar-refractivity contribution < 1.29 is 0 Å². The van der Waals surface area contributed by atoms with E-state index in [1.807, 2.05) is 0 Å². The van der Waals surface area contributed by atoms with Crippen LogP contribution in [0.3, 0.4) is 0 Å². The van der Waals surface area contributed by atoms with Crippen molar-refractivity contribution >= 4 is 0 Å². The summed E-state index contributed by atoms with van der Waals surface area (Å²) in [5.41, 5.74) is 3.85. The van der Waals surface area contributed by atoms with E-state index in [0.717, 1.165) is 23.7 Å². The second kappa shape index (κ2) is 5.14. The predicted molar refractivity (Wildman–Crippen MR) is 89.6 cm³/mol. The molecule has 0 heteroatoms. The molecule has 1 atom stereocenters. The lowest BCUT2D eigenvalue weighted by Crippen LogP contribution is -2.48. The van der Waals surface area contributed by atoms with Gasteiger partial charge in [-0.25, -0.2) is 0 Å². The zero-order valence-electron chi connectivity index (χ0n) is 13.8. The minimum Gasteiger partial charge on any atom is -0.0654 e. The number of hydrogen-bond donors (Lipinski definition) is 0. The molecular weight excluding hydrogens is 252 g/mol. The largest absolute Gasteiger partial charge is 0.0654 e. The van der Waals surface area contributed by atoms with Gasteiger partial charge in [-0.15, -0.1) is 0 Å². The van der Waals surface area contributed by atoms with Gasteiger partial charge in [0.25, 0.3) is 0 Å². The molecule has 4 aliphatic rings. The summed E-state index contributed by atoms with van der Waals surface area (Å²) in [7, 11) is 0. The van der Waals surface area contributed by atoms with Crippen molar-refractivity contribution in [3.8, 4) is 0 Å². The van der Waals surface area contributed by atoms with Crippen molar-refractivity contribution in [2.75, 3.05) is 0 Å². The second-order valence-electron chi connectivity index (χ2n) is 8.51. The van der Waals surface area contributed by atoms with Crippen molar-refractivity contribution in [1.29, 1.82) is 0 Å². The van der Waals surface area contributed by atoms with Gasteiger partial charge in [0, 0.05) is 0 Å². The highest BCUT2D eigenvalue weighted by atomic mass is 14.6. The molecule has 21 heavy (non-hydrogen) atoms. The summed E-state index contributed by atoms with van der Waals surface area (Å²) >= 11 is 0. The van der Waals surface area contributed by atoms with Gasteiger partial charge in [0.1, 0.15) is 0 Å². The van der Waals surface area contributed by atoms with Gasteiger partial charge in [-0.3, -0.25) is 0 Å². The number of benzene rings is 1. The Labute approximate surface area is 130 Å². The van der Waals surface area contributed by atoms with E-state index in [0.29, 0.717) is 5.41 Å². The fraction of sp³-hybridized carbons (Fsp3) is 0.714. The lowest BCUT2D eigenvalue weighted by Gasteiger charge is -2.57. The van der Waals surface area contributed by atoms with Crippen LogP contribution in [-0.4, -0.2) is 0 Å². The first-order chi connectivity index (χ1) is 10.2. The molecule has 0 radical (unpaired) electrons. The Morgan fingerprint density at radius 3 is 2.24 bits per heavy atom. The van der Waals surface area contributed by atoms with Crippen LogP contribution in [0, 0.1) is 17.8 Å². The molecule has 0 spiro atoms. The second-order valence-corrected chi connectivity index (χ2v) is 8.51. The van der Waals surface area contributed by atoms with E-state index in [1.54, 1.807) is 30.4 Å². The van der Waals surface area contributed by atoms with E-state index in [1.165, 1.54) is 32.1 Å². The SMILES string of the molecule is CCCC(C)c1cccc(C23CC4CC(CC(C4)C2)C3)c1. The molecule has 0 nitrogen and oxygen atoms in total. The van der Waals surface area contributed by atoms with Gasteiger partial charge >= 0.3 is 0 Å². The van der Waals surface area contributed by atoms with E-state index in [-0.39, 0.29) is 0 Å². The van der Waals surface area contributed by atoms with E-state index < -0.39 is 0 Å². The zero-order chi connectivity index (χ0) is 14.4. The fourth-order valence-electron chi connectivity index (χ4n) is 6.24. The Kier molecular flexibility index (Phi) is 3.39. The molecule has 0 aliphatic heterocycles. The molecule has 4 bridgehead atoms. The first kappa shape index (κ1) is 13.9. The third-order valence-electron chi connectivity index (χ3n) is 6.83. The molecule has 0 N–H and O–H groups in total. The molecule has 0 aromatic heterocycles. The maximum Gasteiger partial charge on any atom is -0.00390 e. The monoisotopic (exact) mass is 282 g/mol. The lowest BCUT2D eigenvalue weighted by atomic mass is 9.48. The molecule has 4 saturated carbocycles. The van der Waals surface area contributed by atoms with Gasteiger partial charge in [0.05, 0.1) is 0 Å². The maximum atomic E-state index is 2.59. The number of rotatable bonds is 4. The molecule has 4 fully saturated rings. The average Bonchev–Trinajstić information content (AvgIpc) is 2.46. The normalized spacial score (nSPS) is 38.7. The Bertz CT molecular complexity index is 477. The summed E-state index contributed by atoms with van der Waals surface area (Å²) in [6, 6.07) is 9.75. The predicted octanol–water partition coefficient (Wildman–Crippen LogP) is 6.06. The highest BCUT2D eigenvalue weighted by Crippen LogP contribution is 2.60. The van der Waals surface area contributed by atoms with Crippen molar-refractivity contribution in [1.82, 2.24) is 0 Å². The third-order valence-corrected chi connectivity index (χ3v) is 6.83. The van der Waals surface area contributed by atoms with Crippen LogP contribution in [0.2, 0.25) is 0 Å². The van der Waals surface area contributed by atoms with E-state index in [4.69, 9.17) is 0 Å². The Morgan fingerprint density at radius 2 is 1.67 bits per heavy atom. The molecular formula is C21H30. The first-order valence-corrected chi connectivity index (χ1v) is 9.29. The van der Waals surface area contributed by atoms with Gasteiger partial charge < -0.3 is 0 Å². The molecule has 4 aliphatic carbocycles. The van der Waals surface area contributed by atoms with Crippen molar-refractivity contribution in [2.24, 2.45) is 17.8 Å². The summed E-state index contributed by atoms with van der Waals surface area (Å²) < 4.78 is 0. The minimum absolute atomic E-state index is 0.566. The average molecular weight is 282 g/mol. The summed E-state index contributed by atoms with van der Waals surface area (Å²) in [5, 5.41) is 0.